The summed E-state index contributed by atoms with van der Waals surface area (Å²) in [6.45, 7) is 0. The van der Waals surface area contributed by atoms with Gasteiger partial charge in [0.15, 0.2) is 0 Å². The smallest absolute Gasteiger partial charge is 0.252 e. The molecule has 2 rings (SSSR count). The Labute approximate surface area is 112 Å². The van der Waals surface area contributed by atoms with Crippen molar-refractivity contribution in [1.29, 1.82) is 0 Å². The molecule has 2 nitrogen and oxygen atoms in total. The fourth-order valence-electron chi connectivity index (χ4n) is 1.42. The molecule has 0 aromatic heterocycles. The summed E-state index contributed by atoms with van der Waals surface area (Å²) in [6, 6.07) is 4.13. The average molecular weight is 354 g/mol. The van der Waals surface area contributed by atoms with Gasteiger partial charge in [-0.25, -0.2) is 4.39 Å². The van der Waals surface area contributed by atoms with Crippen molar-refractivity contribution in [3.8, 4) is 0 Å². The zero-order chi connectivity index (χ0) is 11.8. The molecule has 1 aliphatic rings. The highest BCUT2D eigenvalue weighted by Gasteiger charge is 2.43. The van der Waals surface area contributed by atoms with Crippen LogP contribution in [0, 0.1) is 9.39 Å². The van der Waals surface area contributed by atoms with Crippen molar-refractivity contribution in [1.82, 2.24) is 5.32 Å². The van der Waals surface area contributed by atoms with Gasteiger partial charge in [-0.15, -0.1) is 11.6 Å². The van der Waals surface area contributed by atoms with Crippen molar-refractivity contribution in [2.75, 3.05) is 5.88 Å². The zero-order valence-corrected chi connectivity index (χ0v) is 11.3. The van der Waals surface area contributed by atoms with Crippen LogP contribution >= 0.6 is 34.2 Å². The van der Waals surface area contributed by atoms with E-state index in [1.54, 1.807) is 0 Å². The fourth-order valence-corrected chi connectivity index (χ4v) is 2.48. The number of hydrogen-bond acceptors (Lipinski definition) is 1. The zero-order valence-electron chi connectivity index (χ0n) is 8.40. The minimum Gasteiger partial charge on any atom is -0.345 e. The number of alkyl halides is 1. The first-order valence-corrected chi connectivity index (χ1v) is 6.51. The van der Waals surface area contributed by atoms with Crippen LogP contribution in [0.4, 0.5) is 4.39 Å². The molecule has 0 unspecified atom stereocenters. The third kappa shape index (κ3) is 2.48. The molecule has 5 heteroatoms. The summed E-state index contributed by atoms with van der Waals surface area (Å²) in [5, 5.41) is 2.90. The monoisotopic (exact) mass is 353 g/mol. The van der Waals surface area contributed by atoms with Gasteiger partial charge in [0.25, 0.3) is 5.91 Å². The van der Waals surface area contributed by atoms with Crippen LogP contribution in [-0.2, 0) is 0 Å². The molecule has 0 radical (unpaired) electrons. The lowest BCUT2D eigenvalue weighted by Crippen LogP contribution is -2.38. The number of carbonyl (C=O) groups excluding carboxylic acids is 1. The van der Waals surface area contributed by atoms with Gasteiger partial charge in [0.2, 0.25) is 0 Å². The summed E-state index contributed by atoms with van der Waals surface area (Å²) in [5.41, 5.74) is 0.272. The maximum absolute atomic E-state index is 12.9. The van der Waals surface area contributed by atoms with E-state index >= 15 is 0 Å². The Kier molecular flexibility index (Phi) is 3.39. The van der Waals surface area contributed by atoms with Crippen molar-refractivity contribution in [2.24, 2.45) is 0 Å². The summed E-state index contributed by atoms with van der Waals surface area (Å²) in [4.78, 5) is 11.9. The highest BCUT2D eigenvalue weighted by molar-refractivity contribution is 14.1. The largest absolute Gasteiger partial charge is 0.345 e. The number of amides is 1. The summed E-state index contributed by atoms with van der Waals surface area (Å²) < 4.78 is 13.5. The van der Waals surface area contributed by atoms with Crippen molar-refractivity contribution in [3.05, 3.63) is 33.1 Å². The lowest BCUT2D eigenvalue weighted by atomic mass is 10.2. The maximum Gasteiger partial charge on any atom is 0.252 e. The van der Waals surface area contributed by atoms with Gasteiger partial charge in [-0.3, -0.25) is 4.79 Å². The summed E-state index contributed by atoms with van der Waals surface area (Å²) in [5.74, 6) is -0.0850. The molecule has 0 aliphatic heterocycles. The van der Waals surface area contributed by atoms with Crippen molar-refractivity contribution < 1.29 is 9.18 Å². The van der Waals surface area contributed by atoms with Crippen LogP contribution in [0.2, 0.25) is 0 Å². The van der Waals surface area contributed by atoms with Gasteiger partial charge < -0.3 is 5.32 Å². The first-order valence-electron chi connectivity index (χ1n) is 4.90. The minimum absolute atomic E-state index is 0.178. The van der Waals surface area contributed by atoms with Crippen molar-refractivity contribution >= 4 is 40.1 Å². The molecule has 1 amide bonds. The molecule has 1 aromatic carbocycles. The van der Waals surface area contributed by atoms with Crippen LogP contribution in [0.1, 0.15) is 23.2 Å². The quantitative estimate of drug-likeness (QED) is 0.657. The third-order valence-corrected chi connectivity index (χ3v) is 4.07. The number of halogens is 3. The predicted molar refractivity (Wildman–Crippen MR) is 69.3 cm³/mol. The molecule has 86 valence electrons. The molecule has 1 N–H and O–H groups in total. The average Bonchev–Trinajstić information content (AvgIpc) is 2.98. The van der Waals surface area contributed by atoms with E-state index in [-0.39, 0.29) is 17.3 Å². The molecule has 1 fully saturated rings. The number of hydrogen-bond donors (Lipinski definition) is 1. The molecule has 1 aliphatic carbocycles. The molecule has 16 heavy (non-hydrogen) atoms. The molecule has 0 spiro atoms. The van der Waals surface area contributed by atoms with E-state index in [9.17, 15) is 9.18 Å². The molecule has 1 aromatic rings. The van der Waals surface area contributed by atoms with E-state index in [0.717, 1.165) is 12.8 Å². The van der Waals surface area contributed by atoms with Gasteiger partial charge in [0, 0.05) is 9.45 Å². The van der Waals surface area contributed by atoms with Gasteiger partial charge in [-0.05, 0) is 53.6 Å². The van der Waals surface area contributed by atoms with Crippen LogP contribution in [0.25, 0.3) is 0 Å². The lowest BCUT2D eigenvalue weighted by molar-refractivity contribution is 0.0935. The van der Waals surface area contributed by atoms with E-state index in [1.807, 2.05) is 22.6 Å². The van der Waals surface area contributed by atoms with E-state index in [4.69, 9.17) is 11.6 Å². The SMILES string of the molecule is O=C(NC1(CCl)CC1)c1ccc(F)cc1I. The minimum atomic E-state index is -0.334. The first-order chi connectivity index (χ1) is 7.56. The fraction of sp³-hybridized carbons (Fsp3) is 0.364. The Hall–Kier alpha value is -0.360. The summed E-state index contributed by atoms with van der Waals surface area (Å²) in [7, 11) is 0. The van der Waals surface area contributed by atoms with Crippen molar-refractivity contribution in [3.63, 3.8) is 0 Å². The second-order valence-electron chi connectivity index (χ2n) is 3.99. The van der Waals surface area contributed by atoms with Gasteiger partial charge in [-0.2, -0.15) is 0 Å². The predicted octanol–water partition coefficient (Wildman–Crippen LogP) is 2.93. The van der Waals surface area contributed by atoms with Crippen LogP contribution in [0.15, 0.2) is 18.2 Å². The van der Waals surface area contributed by atoms with Crippen LogP contribution in [0.3, 0.4) is 0 Å². The Morgan fingerprint density at radius 1 is 1.56 bits per heavy atom. The van der Waals surface area contributed by atoms with Gasteiger partial charge in [0.1, 0.15) is 5.82 Å². The molecular weight excluding hydrogens is 343 g/mol. The number of carbonyl (C=O) groups is 1. The second-order valence-corrected chi connectivity index (χ2v) is 5.42. The molecule has 0 atom stereocenters. The van der Waals surface area contributed by atoms with E-state index in [2.05, 4.69) is 5.32 Å². The van der Waals surface area contributed by atoms with E-state index < -0.39 is 0 Å². The number of rotatable bonds is 3. The normalized spacial score (nSPS) is 16.9. The Balaban J connectivity index is 2.15. The molecule has 0 bridgehead atoms. The number of nitrogens with one attached hydrogen (secondary N) is 1. The summed E-state index contributed by atoms with van der Waals surface area (Å²) >= 11 is 7.73. The highest BCUT2D eigenvalue weighted by atomic mass is 127. The van der Waals surface area contributed by atoms with Gasteiger partial charge in [0.05, 0.1) is 11.1 Å². The summed E-state index contributed by atoms with van der Waals surface area (Å²) in [6.07, 6.45) is 1.83. The van der Waals surface area contributed by atoms with Gasteiger partial charge >= 0.3 is 0 Å². The van der Waals surface area contributed by atoms with Crippen LogP contribution in [-0.4, -0.2) is 17.3 Å². The van der Waals surface area contributed by atoms with E-state index in [1.165, 1.54) is 18.2 Å². The first kappa shape index (κ1) is 12.1. The van der Waals surface area contributed by atoms with Gasteiger partial charge in [-0.1, -0.05) is 0 Å². The highest BCUT2D eigenvalue weighted by Crippen LogP contribution is 2.36. The third-order valence-electron chi connectivity index (χ3n) is 2.66. The van der Waals surface area contributed by atoms with Crippen molar-refractivity contribution in [2.45, 2.75) is 18.4 Å². The van der Waals surface area contributed by atoms with Crippen LogP contribution < -0.4 is 5.32 Å². The maximum atomic E-state index is 12.9. The van der Waals surface area contributed by atoms with E-state index in [0.29, 0.717) is 15.0 Å². The molecular formula is C11H10ClFINO. The topological polar surface area (TPSA) is 29.1 Å². The standard InChI is InChI=1S/C11H10ClFINO/c12-6-11(3-4-11)15-10(16)8-2-1-7(13)5-9(8)14/h1-2,5H,3-4,6H2,(H,15,16). The molecule has 1 saturated carbocycles. The molecule has 0 heterocycles. The van der Waals surface area contributed by atoms with Crippen LogP contribution in [0.5, 0.6) is 0 Å². The Morgan fingerprint density at radius 2 is 2.25 bits per heavy atom. The number of benzene rings is 1. The molecule has 0 saturated heterocycles. The lowest BCUT2D eigenvalue weighted by Gasteiger charge is -2.14. The Morgan fingerprint density at radius 3 is 2.75 bits per heavy atom. The second kappa shape index (κ2) is 4.49. The Bertz CT molecular complexity index is 434.